The zero-order valence-corrected chi connectivity index (χ0v) is 23.1. The van der Waals surface area contributed by atoms with Crippen molar-refractivity contribution in [2.75, 3.05) is 12.6 Å². The number of alkyl halides is 1. The number of anilines is 1. The van der Waals surface area contributed by atoms with Crippen molar-refractivity contribution in [1.82, 2.24) is 10.0 Å². The van der Waals surface area contributed by atoms with Crippen LogP contribution in [0.1, 0.15) is 54.0 Å². The minimum Gasteiger partial charge on any atom is -0.383 e. The predicted octanol–water partition coefficient (Wildman–Crippen LogP) is 5.51. The molecule has 0 radical (unpaired) electrons. The third kappa shape index (κ3) is 7.41. The standard InChI is InChI=1S/C24H43FN6O2Si/c1-16(18(3)21(13-26)32-14-25)17(2)19(4)30-23(20-11-10-12-29-22(20)28)31(15-27)33-34(8,9)24(5,6)7/h10-13,15-19,21,26-27H,14H2,1-9H3,(H2,28,29)/b26-13?,27-15?,30-23-/t16-,17+,18-,19+,21?/m1/s1. The molecule has 0 fully saturated rings. The van der Waals surface area contributed by atoms with Crippen LogP contribution in [0.25, 0.3) is 0 Å². The molecule has 0 aromatic carbocycles. The van der Waals surface area contributed by atoms with Gasteiger partial charge in [0.05, 0.1) is 17.7 Å². The first-order chi connectivity index (χ1) is 15.7. The third-order valence-electron chi connectivity index (χ3n) is 7.22. The van der Waals surface area contributed by atoms with Crippen LogP contribution >= 0.6 is 0 Å². The van der Waals surface area contributed by atoms with Crippen LogP contribution in [0.5, 0.6) is 0 Å². The van der Waals surface area contributed by atoms with Gasteiger partial charge in [0.2, 0.25) is 8.32 Å². The average molecular weight is 495 g/mol. The van der Waals surface area contributed by atoms with Crippen molar-refractivity contribution < 1.29 is 13.7 Å². The highest BCUT2D eigenvalue weighted by molar-refractivity contribution is 6.74. The van der Waals surface area contributed by atoms with Gasteiger partial charge < -0.3 is 20.4 Å². The monoisotopic (exact) mass is 494 g/mol. The summed E-state index contributed by atoms with van der Waals surface area (Å²) in [6, 6.07) is 3.39. The molecular weight excluding hydrogens is 451 g/mol. The van der Waals surface area contributed by atoms with Crippen molar-refractivity contribution in [3.05, 3.63) is 23.9 Å². The van der Waals surface area contributed by atoms with Gasteiger partial charge in [-0.2, -0.15) is 0 Å². The van der Waals surface area contributed by atoms with Gasteiger partial charge in [0.1, 0.15) is 12.2 Å². The van der Waals surface area contributed by atoms with Crippen LogP contribution in [0, 0.1) is 28.6 Å². The molecule has 1 aromatic heterocycles. The summed E-state index contributed by atoms with van der Waals surface area (Å²) in [5, 5.41) is 17.0. The fraction of sp³-hybridized carbons (Fsp3) is 0.667. The molecule has 10 heteroatoms. The molecule has 0 saturated carbocycles. The second-order valence-corrected chi connectivity index (χ2v) is 15.1. The summed E-state index contributed by atoms with van der Waals surface area (Å²) in [5.74, 6) is 0.755. The summed E-state index contributed by atoms with van der Waals surface area (Å²) in [7, 11) is -2.29. The Labute approximate surface area is 205 Å². The van der Waals surface area contributed by atoms with Gasteiger partial charge in [-0.3, -0.25) is 10.4 Å². The van der Waals surface area contributed by atoms with Crippen molar-refractivity contribution >= 4 is 32.5 Å². The smallest absolute Gasteiger partial charge is 0.229 e. The Hall–Kier alpha value is -2.17. The lowest BCUT2D eigenvalue weighted by molar-refractivity contribution is -0.0107. The number of hydrogen-bond donors (Lipinski definition) is 3. The van der Waals surface area contributed by atoms with E-state index in [0.29, 0.717) is 17.2 Å². The fourth-order valence-corrected chi connectivity index (χ4v) is 4.22. The highest BCUT2D eigenvalue weighted by Gasteiger charge is 2.41. The van der Waals surface area contributed by atoms with Crippen LogP contribution < -0.4 is 5.73 Å². The number of pyridine rings is 1. The molecule has 34 heavy (non-hydrogen) atoms. The Morgan fingerprint density at radius 3 is 2.29 bits per heavy atom. The summed E-state index contributed by atoms with van der Waals surface area (Å²) < 4.78 is 24.3. The first kappa shape index (κ1) is 29.9. The predicted molar refractivity (Wildman–Crippen MR) is 141 cm³/mol. The van der Waals surface area contributed by atoms with Crippen molar-refractivity contribution in [2.45, 2.75) is 78.7 Å². The maximum Gasteiger partial charge on any atom is 0.229 e. The quantitative estimate of drug-likeness (QED) is 0.153. The van der Waals surface area contributed by atoms with E-state index in [9.17, 15) is 4.39 Å². The summed E-state index contributed by atoms with van der Waals surface area (Å²) >= 11 is 0. The molecule has 8 nitrogen and oxygen atoms in total. The molecule has 4 N–H and O–H groups in total. The SMILES string of the molecule is C[C@H]([C@H](C)[C@H](C)/N=C(/c1cccnc1N)N(C=N)O[Si](C)(C)C(C)(C)C)[C@@H](C)C(C=N)OCF. The lowest BCUT2D eigenvalue weighted by Crippen LogP contribution is -2.48. The lowest BCUT2D eigenvalue weighted by atomic mass is 9.79. The van der Waals surface area contributed by atoms with Gasteiger partial charge in [0, 0.05) is 12.4 Å². The van der Waals surface area contributed by atoms with Gasteiger partial charge in [0.25, 0.3) is 0 Å². The van der Waals surface area contributed by atoms with E-state index in [0.717, 1.165) is 12.6 Å². The summed E-state index contributed by atoms with van der Waals surface area (Å²) in [5.41, 5.74) is 6.79. The van der Waals surface area contributed by atoms with Crippen LogP contribution in [0.3, 0.4) is 0 Å². The van der Waals surface area contributed by atoms with Crippen molar-refractivity contribution in [3.8, 4) is 0 Å². The zero-order valence-electron chi connectivity index (χ0n) is 22.1. The van der Waals surface area contributed by atoms with Crippen LogP contribution in [0.15, 0.2) is 23.3 Å². The number of amidine groups is 1. The number of ether oxygens (including phenoxy) is 1. The molecule has 1 heterocycles. The number of hydroxylamine groups is 2. The Balaban J connectivity index is 3.42. The van der Waals surface area contributed by atoms with E-state index in [1.54, 1.807) is 12.3 Å². The van der Waals surface area contributed by atoms with Crippen molar-refractivity contribution in [1.29, 1.82) is 10.8 Å². The second-order valence-electron chi connectivity index (χ2n) is 10.4. The molecule has 192 valence electrons. The molecule has 0 aliphatic heterocycles. The van der Waals surface area contributed by atoms with Crippen LogP contribution in [-0.4, -0.2) is 55.8 Å². The largest absolute Gasteiger partial charge is 0.383 e. The van der Waals surface area contributed by atoms with Crippen molar-refractivity contribution in [2.24, 2.45) is 22.7 Å². The molecule has 5 atom stereocenters. The number of aliphatic imine (C=N–C) groups is 1. The van der Waals surface area contributed by atoms with Gasteiger partial charge in [-0.25, -0.2) is 14.4 Å². The van der Waals surface area contributed by atoms with Crippen LogP contribution in [0.4, 0.5) is 10.2 Å². The molecular formula is C24H43FN6O2Si. The molecule has 0 amide bonds. The van der Waals surface area contributed by atoms with Gasteiger partial charge in [-0.15, -0.1) is 0 Å². The molecule has 0 saturated heterocycles. The number of hydrogen-bond acceptors (Lipinski definition) is 7. The molecule has 0 aliphatic rings. The minimum absolute atomic E-state index is 0.0500. The van der Waals surface area contributed by atoms with E-state index in [2.05, 4.69) is 52.7 Å². The number of aromatic nitrogens is 1. The van der Waals surface area contributed by atoms with Crippen LogP contribution in [-0.2, 0) is 9.26 Å². The van der Waals surface area contributed by atoms with E-state index in [1.807, 2.05) is 19.9 Å². The molecule has 1 unspecified atom stereocenters. The highest BCUT2D eigenvalue weighted by atomic mass is 28.4. The Morgan fingerprint density at radius 1 is 1.21 bits per heavy atom. The number of nitrogens with zero attached hydrogens (tertiary/aromatic N) is 3. The first-order valence-electron chi connectivity index (χ1n) is 11.7. The number of nitrogens with two attached hydrogens (primary N) is 1. The van der Waals surface area contributed by atoms with Gasteiger partial charge >= 0.3 is 0 Å². The zero-order chi connectivity index (χ0) is 26.3. The average Bonchev–Trinajstić information content (AvgIpc) is 2.77. The number of nitrogens with one attached hydrogen (secondary N) is 2. The summed E-state index contributed by atoms with van der Waals surface area (Å²) in [6.07, 6.45) is 3.27. The normalized spacial score (nSPS) is 17.4. The van der Waals surface area contributed by atoms with E-state index in [4.69, 9.17) is 30.8 Å². The van der Waals surface area contributed by atoms with Gasteiger partial charge in [-0.05, 0) is 54.9 Å². The Kier molecular flexibility index (Phi) is 11.0. The second kappa shape index (κ2) is 12.5. The first-order valence-corrected chi connectivity index (χ1v) is 14.6. The molecule has 0 bridgehead atoms. The molecule has 1 rings (SSSR count). The number of rotatable bonds is 12. The number of halogens is 1. The Morgan fingerprint density at radius 2 is 1.82 bits per heavy atom. The minimum atomic E-state index is -2.29. The van der Waals surface area contributed by atoms with Crippen LogP contribution in [0.2, 0.25) is 18.1 Å². The molecule has 0 spiro atoms. The van der Waals surface area contributed by atoms with E-state index < -0.39 is 21.3 Å². The highest BCUT2D eigenvalue weighted by Crippen LogP contribution is 2.37. The molecule has 0 aliphatic carbocycles. The number of nitrogen functional groups attached to an aromatic ring is 1. The Bertz CT molecular complexity index is 845. The van der Waals surface area contributed by atoms with E-state index >= 15 is 0 Å². The third-order valence-corrected chi connectivity index (χ3v) is 11.5. The topological polar surface area (TPSA) is 121 Å². The summed E-state index contributed by atoms with van der Waals surface area (Å²) in [6.45, 7) is 17.7. The van der Waals surface area contributed by atoms with Crippen molar-refractivity contribution in [3.63, 3.8) is 0 Å². The van der Waals surface area contributed by atoms with E-state index in [1.165, 1.54) is 5.06 Å². The van der Waals surface area contributed by atoms with E-state index in [-0.39, 0.29) is 28.8 Å². The lowest BCUT2D eigenvalue weighted by Gasteiger charge is -2.39. The maximum atomic E-state index is 12.8. The van der Waals surface area contributed by atoms with Gasteiger partial charge in [0.15, 0.2) is 12.7 Å². The summed E-state index contributed by atoms with van der Waals surface area (Å²) in [4.78, 5) is 9.18. The maximum absolute atomic E-state index is 12.8. The molecule has 1 aromatic rings. The van der Waals surface area contributed by atoms with Gasteiger partial charge in [-0.1, -0.05) is 41.5 Å². The fourth-order valence-electron chi connectivity index (χ4n) is 3.32.